The fourth-order valence-corrected chi connectivity index (χ4v) is 3.71. The van der Waals surface area contributed by atoms with Crippen LogP contribution in [0, 0.1) is 18.3 Å². The highest BCUT2D eigenvalue weighted by Crippen LogP contribution is 2.27. The van der Waals surface area contributed by atoms with Gasteiger partial charge in [-0.2, -0.15) is 5.26 Å². The van der Waals surface area contributed by atoms with Crippen LogP contribution in [-0.2, 0) is 10.2 Å². The zero-order chi connectivity index (χ0) is 25.4. The summed E-state index contributed by atoms with van der Waals surface area (Å²) < 4.78 is 12.5. The molecule has 35 heavy (non-hydrogen) atoms. The molecule has 0 unspecified atom stereocenters. The lowest BCUT2D eigenvalue weighted by atomic mass is 9.87. The summed E-state index contributed by atoms with van der Waals surface area (Å²) in [5, 5.41) is 12.4. The second-order valence-corrected chi connectivity index (χ2v) is 10.0. The number of rotatable bonds is 8. The first kappa shape index (κ1) is 26.1. The molecule has 1 amide bonds. The van der Waals surface area contributed by atoms with Gasteiger partial charge in [0.2, 0.25) is 0 Å². The zero-order valence-corrected chi connectivity index (χ0v) is 22.0. The number of carbonyl (C=O) groups is 1. The zero-order valence-electron chi connectivity index (χ0n) is 20.4. The van der Waals surface area contributed by atoms with E-state index in [-0.39, 0.29) is 11.0 Å². The van der Waals surface area contributed by atoms with E-state index in [9.17, 15) is 10.1 Å². The third kappa shape index (κ3) is 7.46. The quantitative estimate of drug-likeness (QED) is 0.191. The Balaban J connectivity index is 1.66. The molecule has 0 saturated heterocycles. The Kier molecular flexibility index (Phi) is 8.73. The van der Waals surface area contributed by atoms with E-state index in [1.165, 1.54) is 11.6 Å². The number of nitriles is 1. The van der Waals surface area contributed by atoms with Crippen molar-refractivity contribution in [2.24, 2.45) is 0 Å². The minimum absolute atomic E-state index is 0.0219. The standard InChI is InChI=1S/C29H29BrN2O3/c1-20-7-5-6-8-26(20)32-28(33)22(19-31)17-21-18-24(30)11-14-27(21)35-16-15-34-25-12-9-23(10-13-25)29(2,3)4/h5-14,17-18H,15-16H2,1-4H3,(H,32,33). The molecule has 0 aliphatic heterocycles. The lowest BCUT2D eigenvalue weighted by Gasteiger charge is -2.19. The Bertz CT molecular complexity index is 1250. The van der Waals surface area contributed by atoms with Gasteiger partial charge in [0, 0.05) is 15.7 Å². The number of halogens is 1. The summed E-state index contributed by atoms with van der Waals surface area (Å²) in [6, 6.07) is 22.9. The molecule has 180 valence electrons. The summed E-state index contributed by atoms with van der Waals surface area (Å²) in [6.07, 6.45) is 1.53. The van der Waals surface area contributed by atoms with Crippen molar-refractivity contribution in [1.29, 1.82) is 5.26 Å². The maximum Gasteiger partial charge on any atom is 0.266 e. The van der Waals surface area contributed by atoms with E-state index in [0.717, 1.165) is 15.8 Å². The van der Waals surface area contributed by atoms with E-state index >= 15 is 0 Å². The summed E-state index contributed by atoms with van der Waals surface area (Å²) in [5.41, 5.74) is 3.50. The van der Waals surface area contributed by atoms with Gasteiger partial charge in [-0.3, -0.25) is 4.79 Å². The average Bonchev–Trinajstić information content (AvgIpc) is 2.82. The predicted molar refractivity (Wildman–Crippen MR) is 144 cm³/mol. The van der Waals surface area contributed by atoms with Crippen LogP contribution in [0.1, 0.15) is 37.5 Å². The predicted octanol–water partition coefficient (Wildman–Crippen LogP) is 7.06. The van der Waals surface area contributed by atoms with Crippen molar-refractivity contribution in [2.75, 3.05) is 18.5 Å². The van der Waals surface area contributed by atoms with Crippen LogP contribution >= 0.6 is 15.9 Å². The van der Waals surface area contributed by atoms with Crippen molar-refractivity contribution >= 4 is 33.6 Å². The fourth-order valence-electron chi connectivity index (χ4n) is 3.33. The molecule has 3 aromatic rings. The van der Waals surface area contributed by atoms with E-state index in [0.29, 0.717) is 30.2 Å². The summed E-state index contributed by atoms with van der Waals surface area (Å²) in [7, 11) is 0. The average molecular weight is 533 g/mol. The number of aryl methyl sites for hydroxylation is 1. The summed E-state index contributed by atoms with van der Waals surface area (Å²) >= 11 is 3.45. The number of anilines is 1. The molecule has 1 N–H and O–H groups in total. The van der Waals surface area contributed by atoms with Gasteiger partial charge < -0.3 is 14.8 Å². The number of ether oxygens (including phenoxy) is 2. The van der Waals surface area contributed by atoms with Crippen LogP contribution < -0.4 is 14.8 Å². The number of carbonyl (C=O) groups excluding carboxylic acids is 1. The maximum atomic E-state index is 12.7. The highest BCUT2D eigenvalue weighted by atomic mass is 79.9. The summed E-state index contributed by atoms with van der Waals surface area (Å²) in [5.74, 6) is 0.850. The van der Waals surface area contributed by atoms with Crippen molar-refractivity contribution in [3.05, 3.63) is 93.5 Å². The lowest BCUT2D eigenvalue weighted by molar-refractivity contribution is -0.112. The minimum Gasteiger partial charge on any atom is -0.490 e. The van der Waals surface area contributed by atoms with Crippen molar-refractivity contribution < 1.29 is 14.3 Å². The van der Waals surface area contributed by atoms with Crippen LogP contribution in [0.3, 0.4) is 0 Å². The Morgan fingerprint density at radius 2 is 1.71 bits per heavy atom. The topological polar surface area (TPSA) is 71.4 Å². The van der Waals surface area contributed by atoms with Crippen LogP contribution in [0.2, 0.25) is 0 Å². The smallest absolute Gasteiger partial charge is 0.266 e. The van der Waals surface area contributed by atoms with E-state index in [1.807, 2.05) is 49.4 Å². The molecular formula is C29H29BrN2O3. The van der Waals surface area contributed by atoms with Gasteiger partial charge in [0.05, 0.1) is 0 Å². The van der Waals surface area contributed by atoms with E-state index < -0.39 is 5.91 Å². The van der Waals surface area contributed by atoms with Crippen LogP contribution in [0.4, 0.5) is 5.69 Å². The van der Waals surface area contributed by atoms with Crippen molar-refractivity contribution in [3.63, 3.8) is 0 Å². The molecule has 0 fully saturated rings. The number of benzene rings is 3. The second kappa shape index (κ2) is 11.7. The highest BCUT2D eigenvalue weighted by molar-refractivity contribution is 9.10. The van der Waals surface area contributed by atoms with E-state index in [1.54, 1.807) is 18.2 Å². The van der Waals surface area contributed by atoms with Gasteiger partial charge in [-0.05, 0) is 65.9 Å². The van der Waals surface area contributed by atoms with Gasteiger partial charge in [-0.15, -0.1) is 0 Å². The number of nitrogens with zero attached hydrogens (tertiary/aromatic N) is 1. The molecule has 0 aromatic heterocycles. The minimum atomic E-state index is -0.477. The molecular weight excluding hydrogens is 504 g/mol. The van der Waals surface area contributed by atoms with E-state index in [4.69, 9.17) is 9.47 Å². The largest absolute Gasteiger partial charge is 0.490 e. The lowest BCUT2D eigenvalue weighted by Crippen LogP contribution is -2.14. The molecule has 6 heteroatoms. The maximum absolute atomic E-state index is 12.7. The van der Waals surface area contributed by atoms with Crippen molar-refractivity contribution in [1.82, 2.24) is 0 Å². The number of hydrogen-bond donors (Lipinski definition) is 1. The summed E-state index contributed by atoms with van der Waals surface area (Å²) in [6.45, 7) is 9.07. The van der Waals surface area contributed by atoms with Gasteiger partial charge in [-0.1, -0.05) is 67.0 Å². The Morgan fingerprint density at radius 1 is 1.03 bits per heavy atom. The molecule has 3 aromatic carbocycles. The van der Waals surface area contributed by atoms with Gasteiger partial charge in [0.25, 0.3) is 5.91 Å². The molecule has 3 rings (SSSR count). The molecule has 0 bridgehead atoms. The molecule has 0 heterocycles. The third-order valence-corrected chi connectivity index (χ3v) is 5.85. The monoisotopic (exact) mass is 532 g/mol. The molecule has 0 aliphatic rings. The Morgan fingerprint density at radius 3 is 2.37 bits per heavy atom. The van der Waals surface area contributed by atoms with Gasteiger partial charge in [0.1, 0.15) is 36.4 Å². The number of hydrogen-bond acceptors (Lipinski definition) is 4. The number of amides is 1. The van der Waals surface area contributed by atoms with Crippen molar-refractivity contribution in [2.45, 2.75) is 33.1 Å². The molecule has 0 radical (unpaired) electrons. The van der Waals surface area contributed by atoms with Gasteiger partial charge in [-0.25, -0.2) is 0 Å². The third-order valence-electron chi connectivity index (χ3n) is 5.36. The second-order valence-electron chi connectivity index (χ2n) is 9.09. The van der Waals surface area contributed by atoms with Crippen LogP contribution in [0.25, 0.3) is 6.08 Å². The van der Waals surface area contributed by atoms with Gasteiger partial charge >= 0.3 is 0 Å². The molecule has 0 atom stereocenters. The van der Waals surface area contributed by atoms with E-state index in [2.05, 4.69) is 54.2 Å². The number of nitrogens with one attached hydrogen (secondary N) is 1. The Hall–Kier alpha value is -3.56. The molecule has 0 aliphatic carbocycles. The fraction of sp³-hybridized carbons (Fsp3) is 0.241. The molecule has 0 spiro atoms. The molecule has 5 nitrogen and oxygen atoms in total. The SMILES string of the molecule is Cc1ccccc1NC(=O)C(C#N)=Cc1cc(Br)ccc1OCCOc1ccc(C(C)(C)C)cc1. The van der Waals surface area contributed by atoms with Crippen molar-refractivity contribution in [3.8, 4) is 17.6 Å². The first-order valence-electron chi connectivity index (χ1n) is 11.3. The summed E-state index contributed by atoms with van der Waals surface area (Å²) in [4.78, 5) is 12.7. The molecule has 0 saturated carbocycles. The normalized spacial score (nSPS) is 11.5. The number of para-hydroxylation sites is 1. The van der Waals surface area contributed by atoms with Gasteiger partial charge in [0.15, 0.2) is 0 Å². The first-order valence-corrected chi connectivity index (χ1v) is 12.1. The first-order chi connectivity index (χ1) is 16.7. The van der Waals surface area contributed by atoms with Crippen LogP contribution in [0.15, 0.2) is 76.8 Å². The highest BCUT2D eigenvalue weighted by Gasteiger charge is 2.14. The van der Waals surface area contributed by atoms with Crippen LogP contribution in [-0.4, -0.2) is 19.1 Å². The van der Waals surface area contributed by atoms with Crippen LogP contribution in [0.5, 0.6) is 11.5 Å². The Labute approximate surface area is 215 Å².